The van der Waals surface area contributed by atoms with Crippen LogP contribution in [0.3, 0.4) is 0 Å². The van der Waals surface area contributed by atoms with Crippen molar-refractivity contribution in [3.05, 3.63) is 0 Å². The molecule has 6 heteroatoms. The SMILES string of the molecule is CC(F)(CCCCCCCCCCC(=O)O)C(F)(F)F. The number of carboxylic acids is 1. The number of aliphatic carboxylic acids is 1. The van der Waals surface area contributed by atoms with Gasteiger partial charge in [0, 0.05) is 6.42 Å². The Morgan fingerprint density at radius 3 is 1.65 bits per heavy atom. The molecule has 1 unspecified atom stereocenters. The summed E-state index contributed by atoms with van der Waals surface area (Å²) in [6.07, 6.45) is 0.899. The van der Waals surface area contributed by atoms with E-state index in [-0.39, 0.29) is 12.8 Å². The van der Waals surface area contributed by atoms with Crippen molar-refractivity contribution in [3.8, 4) is 0 Å². The molecule has 1 atom stereocenters. The quantitative estimate of drug-likeness (QED) is 0.417. The maximum Gasteiger partial charge on any atom is 0.422 e. The van der Waals surface area contributed by atoms with Crippen molar-refractivity contribution in [2.75, 3.05) is 0 Å². The number of unbranched alkanes of at least 4 members (excludes halogenated alkanes) is 7. The van der Waals surface area contributed by atoms with Crippen molar-refractivity contribution in [2.24, 2.45) is 0 Å². The molecule has 120 valence electrons. The molecule has 0 saturated heterocycles. The van der Waals surface area contributed by atoms with E-state index in [1.165, 1.54) is 0 Å². The fraction of sp³-hybridized carbons (Fsp3) is 0.929. The Morgan fingerprint density at radius 2 is 1.25 bits per heavy atom. The molecule has 0 aromatic heterocycles. The lowest BCUT2D eigenvalue weighted by atomic mass is 9.98. The van der Waals surface area contributed by atoms with Gasteiger partial charge < -0.3 is 5.11 Å². The summed E-state index contributed by atoms with van der Waals surface area (Å²) in [7, 11) is 0. The summed E-state index contributed by atoms with van der Waals surface area (Å²) in [4.78, 5) is 10.2. The molecule has 2 nitrogen and oxygen atoms in total. The Bertz CT molecular complexity index is 275. The van der Waals surface area contributed by atoms with Crippen LogP contribution in [0, 0.1) is 0 Å². The van der Waals surface area contributed by atoms with Crippen LogP contribution in [0.25, 0.3) is 0 Å². The monoisotopic (exact) mass is 300 g/mol. The number of hydrogen-bond donors (Lipinski definition) is 1. The number of rotatable bonds is 11. The van der Waals surface area contributed by atoms with E-state index in [1.807, 2.05) is 0 Å². The summed E-state index contributed by atoms with van der Waals surface area (Å²) in [6, 6.07) is 0. The predicted octanol–water partition coefficient (Wildman–Crippen LogP) is 5.26. The van der Waals surface area contributed by atoms with E-state index in [0.717, 1.165) is 32.1 Å². The molecule has 0 aliphatic carbocycles. The largest absolute Gasteiger partial charge is 0.481 e. The average molecular weight is 300 g/mol. The van der Waals surface area contributed by atoms with Gasteiger partial charge in [0.2, 0.25) is 5.67 Å². The molecule has 0 aromatic rings. The van der Waals surface area contributed by atoms with Gasteiger partial charge in [0.15, 0.2) is 0 Å². The normalized spacial score (nSPS) is 15.1. The Balaban J connectivity index is 3.39. The second-order valence-electron chi connectivity index (χ2n) is 5.42. The predicted molar refractivity (Wildman–Crippen MR) is 69.4 cm³/mol. The summed E-state index contributed by atoms with van der Waals surface area (Å²) in [5.74, 6) is -0.788. The molecular weight excluding hydrogens is 276 g/mol. The highest BCUT2D eigenvalue weighted by Gasteiger charge is 2.51. The number of hydrogen-bond acceptors (Lipinski definition) is 1. The Kier molecular flexibility index (Phi) is 8.81. The van der Waals surface area contributed by atoms with Crippen LogP contribution in [0.2, 0.25) is 0 Å². The topological polar surface area (TPSA) is 37.3 Å². The van der Waals surface area contributed by atoms with Gasteiger partial charge in [-0.05, 0) is 26.2 Å². The van der Waals surface area contributed by atoms with Crippen LogP contribution in [-0.2, 0) is 4.79 Å². The highest BCUT2D eigenvalue weighted by atomic mass is 19.4. The molecule has 1 N–H and O–H groups in total. The highest BCUT2D eigenvalue weighted by Crippen LogP contribution is 2.37. The van der Waals surface area contributed by atoms with Crippen LogP contribution in [0.4, 0.5) is 17.6 Å². The smallest absolute Gasteiger partial charge is 0.422 e. The van der Waals surface area contributed by atoms with Crippen LogP contribution < -0.4 is 0 Å². The Labute approximate surface area is 117 Å². The van der Waals surface area contributed by atoms with Gasteiger partial charge in [-0.3, -0.25) is 4.79 Å². The minimum atomic E-state index is -4.78. The van der Waals surface area contributed by atoms with E-state index < -0.39 is 24.2 Å². The van der Waals surface area contributed by atoms with Crippen molar-refractivity contribution in [3.63, 3.8) is 0 Å². The molecule has 0 aliphatic rings. The lowest BCUT2D eigenvalue weighted by Gasteiger charge is -2.23. The number of alkyl halides is 4. The van der Waals surface area contributed by atoms with Gasteiger partial charge in [0.05, 0.1) is 0 Å². The molecule has 0 aliphatic heterocycles. The van der Waals surface area contributed by atoms with Gasteiger partial charge in [-0.25, -0.2) is 4.39 Å². The maximum absolute atomic E-state index is 13.2. The van der Waals surface area contributed by atoms with Gasteiger partial charge in [0.1, 0.15) is 0 Å². The fourth-order valence-corrected chi connectivity index (χ4v) is 1.94. The fourth-order valence-electron chi connectivity index (χ4n) is 1.94. The van der Waals surface area contributed by atoms with Crippen LogP contribution in [0.15, 0.2) is 0 Å². The van der Waals surface area contributed by atoms with Gasteiger partial charge in [-0.1, -0.05) is 38.5 Å². The zero-order chi connectivity index (χ0) is 15.6. The third-order valence-electron chi connectivity index (χ3n) is 3.38. The summed E-state index contributed by atoms with van der Waals surface area (Å²) >= 11 is 0. The van der Waals surface area contributed by atoms with Crippen molar-refractivity contribution >= 4 is 5.97 Å². The zero-order valence-electron chi connectivity index (χ0n) is 11.9. The van der Waals surface area contributed by atoms with E-state index in [0.29, 0.717) is 19.8 Å². The summed E-state index contributed by atoms with van der Waals surface area (Å²) in [5, 5.41) is 8.43. The third-order valence-corrected chi connectivity index (χ3v) is 3.38. The first kappa shape index (κ1) is 19.2. The van der Waals surface area contributed by atoms with Crippen LogP contribution >= 0.6 is 0 Å². The Hall–Kier alpha value is -0.810. The molecular formula is C14H24F4O2. The van der Waals surface area contributed by atoms with E-state index in [2.05, 4.69) is 0 Å². The van der Waals surface area contributed by atoms with Gasteiger partial charge in [0.25, 0.3) is 0 Å². The van der Waals surface area contributed by atoms with Crippen molar-refractivity contribution in [2.45, 2.75) is 83.0 Å². The molecule has 0 radical (unpaired) electrons. The number of halogens is 4. The van der Waals surface area contributed by atoms with Gasteiger partial charge in [-0.2, -0.15) is 13.2 Å². The molecule has 0 bridgehead atoms. The van der Waals surface area contributed by atoms with Crippen molar-refractivity contribution in [1.82, 2.24) is 0 Å². The number of carboxylic acid groups (broad SMARTS) is 1. The molecule has 0 amide bonds. The minimum Gasteiger partial charge on any atom is -0.481 e. The Morgan fingerprint density at radius 1 is 0.850 bits per heavy atom. The molecule has 0 fully saturated rings. The molecule has 20 heavy (non-hydrogen) atoms. The highest BCUT2D eigenvalue weighted by molar-refractivity contribution is 5.66. The molecule has 0 heterocycles. The molecule has 0 rings (SSSR count). The second-order valence-corrected chi connectivity index (χ2v) is 5.42. The summed E-state index contributed by atoms with van der Waals surface area (Å²) < 4.78 is 49.9. The van der Waals surface area contributed by atoms with E-state index in [1.54, 1.807) is 0 Å². The zero-order valence-corrected chi connectivity index (χ0v) is 11.9. The average Bonchev–Trinajstić information content (AvgIpc) is 2.29. The van der Waals surface area contributed by atoms with Crippen LogP contribution in [-0.4, -0.2) is 22.9 Å². The lowest BCUT2D eigenvalue weighted by Crippen LogP contribution is -2.37. The summed E-state index contributed by atoms with van der Waals surface area (Å²) in [6.45, 7) is 0.593. The maximum atomic E-state index is 13.2. The molecule has 0 aromatic carbocycles. The third kappa shape index (κ3) is 9.15. The van der Waals surface area contributed by atoms with E-state index in [4.69, 9.17) is 5.11 Å². The summed E-state index contributed by atoms with van der Waals surface area (Å²) in [5.41, 5.74) is -3.08. The lowest BCUT2D eigenvalue weighted by molar-refractivity contribution is -0.226. The first-order valence-electron chi connectivity index (χ1n) is 7.14. The van der Waals surface area contributed by atoms with Gasteiger partial charge >= 0.3 is 12.1 Å². The minimum absolute atomic E-state index is 0.187. The van der Waals surface area contributed by atoms with Gasteiger partial charge in [-0.15, -0.1) is 0 Å². The first-order valence-corrected chi connectivity index (χ1v) is 7.14. The van der Waals surface area contributed by atoms with Crippen molar-refractivity contribution in [1.29, 1.82) is 0 Å². The second kappa shape index (κ2) is 9.19. The van der Waals surface area contributed by atoms with Crippen molar-refractivity contribution < 1.29 is 27.5 Å². The van der Waals surface area contributed by atoms with E-state index in [9.17, 15) is 22.4 Å². The standard InChI is InChI=1S/C14H24F4O2/c1-13(15,14(16,17)18)11-9-7-5-3-2-4-6-8-10-12(19)20/h2-11H2,1H3,(H,19,20). The van der Waals surface area contributed by atoms with Crippen LogP contribution in [0.1, 0.15) is 71.1 Å². The van der Waals surface area contributed by atoms with E-state index >= 15 is 0 Å². The van der Waals surface area contributed by atoms with Crippen LogP contribution in [0.5, 0.6) is 0 Å². The first-order chi connectivity index (χ1) is 9.17. The molecule has 0 spiro atoms. The number of carbonyl (C=O) groups is 1. The molecule has 0 saturated carbocycles.